The molecule has 0 unspecified atom stereocenters. The third-order valence-electron chi connectivity index (χ3n) is 4.94. The van der Waals surface area contributed by atoms with E-state index in [4.69, 9.17) is 4.98 Å². The van der Waals surface area contributed by atoms with Gasteiger partial charge in [-0.3, -0.25) is 0 Å². The Bertz CT molecular complexity index is 1030. The molecule has 0 spiro atoms. The van der Waals surface area contributed by atoms with Gasteiger partial charge in [0.1, 0.15) is 0 Å². The first-order valence-electron chi connectivity index (χ1n) is 9.21. The van der Waals surface area contributed by atoms with Crippen LogP contribution in [-0.2, 0) is 12.8 Å². The Hall–Kier alpha value is -2.67. The summed E-state index contributed by atoms with van der Waals surface area (Å²) >= 11 is 0. The molecule has 0 amide bonds. The van der Waals surface area contributed by atoms with Crippen LogP contribution in [0.3, 0.4) is 0 Å². The predicted octanol–water partition coefficient (Wildman–Crippen LogP) is 6.57. The lowest BCUT2D eigenvalue weighted by atomic mass is 9.96. The van der Waals surface area contributed by atoms with Crippen molar-refractivity contribution < 1.29 is 0 Å². The smallest absolute Gasteiger partial charge is 0.0788 e. The molecular weight excluding hydrogens is 302 g/mol. The fourth-order valence-corrected chi connectivity index (χ4v) is 3.56. The van der Waals surface area contributed by atoms with E-state index in [1.807, 2.05) is 0 Å². The minimum atomic E-state index is 1.06. The second-order valence-electron chi connectivity index (χ2n) is 6.66. The highest BCUT2D eigenvalue weighted by molar-refractivity contribution is 6.11. The van der Waals surface area contributed by atoms with Crippen molar-refractivity contribution in [3.8, 4) is 11.3 Å². The summed E-state index contributed by atoms with van der Waals surface area (Å²) in [5.74, 6) is 0. The number of fused-ring (bicyclic) bond motifs is 3. The molecule has 0 bridgehead atoms. The molecule has 1 heterocycles. The van der Waals surface area contributed by atoms with Crippen LogP contribution in [0.1, 0.15) is 31.4 Å². The number of nitrogens with zero attached hydrogens (tertiary/aromatic N) is 1. The van der Waals surface area contributed by atoms with Crippen LogP contribution in [0.5, 0.6) is 0 Å². The number of hydrogen-bond acceptors (Lipinski definition) is 1. The first-order chi connectivity index (χ1) is 12.3. The molecule has 4 rings (SSSR count). The molecule has 0 atom stereocenters. The Kier molecular flexibility index (Phi) is 4.23. The zero-order chi connectivity index (χ0) is 17.2. The first-order valence-corrected chi connectivity index (χ1v) is 9.21. The molecule has 0 aliphatic carbocycles. The van der Waals surface area contributed by atoms with E-state index in [2.05, 4.69) is 80.6 Å². The molecule has 1 aromatic heterocycles. The van der Waals surface area contributed by atoms with Crippen molar-refractivity contribution in [3.05, 3.63) is 77.9 Å². The normalized spacial score (nSPS) is 11.3. The zero-order valence-electron chi connectivity index (χ0n) is 14.9. The Balaban J connectivity index is 2.02. The Labute approximate surface area is 149 Å². The van der Waals surface area contributed by atoms with Crippen LogP contribution in [-0.4, -0.2) is 4.98 Å². The van der Waals surface area contributed by atoms with Gasteiger partial charge in [-0.1, -0.05) is 74.9 Å². The summed E-state index contributed by atoms with van der Waals surface area (Å²) in [5.41, 5.74) is 6.10. The maximum atomic E-state index is 5.03. The number of benzene rings is 3. The number of rotatable bonds is 4. The molecule has 1 nitrogen and oxygen atoms in total. The largest absolute Gasteiger partial charge is 0.247 e. The molecule has 124 valence electrons. The van der Waals surface area contributed by atoms with E-state index in [-0.39, 0.29) is 0 Å². The van der Waals surface area contributed by atoms with Crippen molar-refractivity contribution in [2.45, 2.75) is 33.1 Å². The molecule has 25 heavy (non-hydrogen) atoms. The molecule has 0 radical (unpaired) electrons. The summed E-state index contributed by atoms with van der Waals surface area (Å²) < 4.78 is 0. The van der Waals surface area contributed by atoms with Crippen molar-refractivity contribution >= 4 is 21.7 Å². The maximum Gasteiger partial charge on any atom is 0.0788 e. The van der Waals surface area contributed by atoms with E-state index in [0.29, 0.717) is 0 Å². The average Bonchev–Trinajstić information content (AvgIpc) is 2.67. The summed E-state index contributed by atoms with van der Waals surface area (Å²) in [6.07, 6.45) is 3.33. The van der Waals surface area contributed by atoms with Gasteiger partial charge < -0.3 is 0 Å². The second-order valence-corrected chi connectivity index (χ2v) is 6.66. The van der Waals surface area contributed by atoms with E-state index in [1.165, 1.54) is 32.8 Å². The predicted molar refractivity (Wildman–Crippen MR) is 108 cm³/mol. The summed E-state index contributed by atoms with van der Waals surface area (Å²) in [4.78, 5) is 5.03. The van der Waals surface area contributed by atoms with Gasteiger partial charge in [-0.05, 0) is 41.5 Å². The number of aromatic nitrogens is 1. The quantitative estimate of drug-likeness (QED) is 0.387. The van der Waals surface area contributed by atoms with E-state index in [9.17, 15) is 0 Å². The van der Waals surface area contributed by atoms with Gasteiger partial charge in [0.15, 0.2) is 0 Å². The van der Waals surface area contributed by atoms with Crippen molar-refractivity contribution in [3.63, 3.8) is 0 Å². The lowest BCUT2D eigenvalue weighted by molar-refractivity contribution is 0.924. The minimum absolute atomic E-state index is 1.06. The van der Waals surface area contributed by atoms with Crippen molar-refractivity contribution in [1.29, 1.82) is 0 Å². The maximum absolute atomic E-state index is 5.03. The molecular formula is C24H23N. The van der Waals surface area contributed by atoms with Crippen LogP contribution < -0.4 is 0 Å². The van der Waals surface area contributed by atoms with Crippen molar-refractivity contribution in [2.24, 2.45) is 0 Å². The van der Waals surface area contributed by atoms with E-state index < -0.39 is 0 Å². The van der Waals surface area contributed by atoms with E-state index in [1.54, 1.807) is 0 Å². The first kappa shape index (κ1) is 15.8. The second kappa shape index (κ2) is 6.68. The molecule has 4 aromatic rings. The molecule has 0 N–H and O–H groups in total. The van der Waals surface area contributed by atoms with Crippen LogP contribution in [0.4, 0.5) is 0 Å². The SMILES string of the molecule is CCCc1ccc2c(c1)c(-c1ccc(CC)cc1)nc1ccccc12. The van der Waals surface area contributed by atoms with Gasteiger partial charge in [0.25, 0.3) is 0 Å². The number of aryl methyl sites for hydroxylation is 2. The van der Waals surface area contributed by atoms with Gasteiger partial charge in [0.05, 0.1) is 11.2 Å². The highest BCUT2D eigenvalue weighted by Gasteiger charge is 2.11. The lowest BCUT2D eigenvalue weighted by Gasteiger charge is -2.12. The van der Waals surface area contributed by atoms with E-state index >= 15 is 0 Å². The standard InChI is InChI=1S/C24H23N/c1-3-7-18-12-15-20-21-8-5-6-9-23(21)25-24(22(20)16-18)19-13-10-17(4-2)11-14-19/h5-6,8-16H,3-4,7H2,1-2H3. The van der Waals surface area contributed by atoms with Crippen LogP contribution >= 0.6 is 0 Å². The topological polar surface area (TPSA) is 12.9 Å². The molecule has 0 saturated carbocycles. The number of para-hydroxylation sites is 1. The monoisotopic (exact) mass is 325 g/mol. The summed E-state index contributed by atoms with van der Waals surface area (Å²) in [6.45, 7) is 4.42. The van der Waals surface area contributed by atoms with Crippen LogP contribution in [0.15, 0.2) is 66.7 Å². The fraction of sp³-hybridized carbons (Fsp3) is 0.208. The van der Waals surface area contributed by atoms with Gasteiger partial charge in [-0.25, -0.2) is 4.98 Å². The molecule has 3 aromatic carbocycles. The summed E-state index contributed by atoms with van der Waals surface area (Å²) in [7, 11) is 0. The average molecular weight is 325 g/mol. The molecule has 0 saturated heterocycles. The fourth-order valence-electron chi connectivity index (χ4n) is 3.56. The Morgan fingerprint density at radius 3 is 2.24 bits per heavy atom. The van der Waals surface area contributed by atoms with Crippen molar-refractivity contribution in [2.75, 3.05) is 0 Å². The highest BCUT2D eigenvalue weighted by Crippen LogP contribution is 2.33. The van der Waals surface area contributed by atoms with Crippen LogP contribution in [0, 0.1) is 0 Å². The Morgan fingerprint density at radius 2 is 1.48 bits per heavy atom. The molecule has 0 aliphatic heterocycles. The lowest BCUT2D eigenvalue weighted by Crippen LogP contribution is -1.92. The highest BCUT2D eigenvalue weighted by atomic mass is 14.7. The van der Waals surface area contributed by atoms with Crippen molar-refractivity contribution in [1.82, 2.24) is 4.98 Å². The minimum Gasteiger partial charge on any atom is -0.247 e. The molecule has 0 fully saturated rings. The van der Waals surface area contributed by atoms with Gasteiger partial charge in [-0.2, -0.15) is 0 Å². The van der Waals surface area contributed by atoms with Gasteiger partial charge in [0.2, 0.25) is 0 Å². The number of hydrogen-bond donors (Lipinski definition) is 0. The molecule has 1 heteroatoms. The van der Waals surface area contributed by atoms with Gasteiger partial charge >= 0.3 is 0 Å². The summed E-state index contributed by atoms with van der Waals surface area (Å²) in [6, 6.07) is 24.2. The molecule has 0 aliphatic rings. The summed E-state index contributed by atoms with van der Waals surface area (Å²) in [5, 5.41) is 3.78. The van der Waals surface area contributed by atoms with Crippen LogP contribution in [0.2, 0.25) is 0 Å². The Morgan fingerprint density at radius 1 is 0.720 bits per heavy atom. The van der Waals surface area contributed by atoms with Gasteiger partial charge in [0, 0.05) is 16.3 Å². The zero-order valence-corrected chi connectivity index (χ0v) is 14.9. The van der Waals surface area contributed by atoms with Crippen LogP contribution in [0.25, 0.3) is 32.9 Å². The van der Waals surface area contributed by atoms with Gasteiger partial charge in [-0.15, -0.1) is 0 Å². The van der Waals surface area contributed by atoms with E-state index in [0.717, 1.165) is 30.5 Å². The third kappa shape index (κ3) is 2.91. The number of pyridine rings is 1. The third-order valence-corrected chi connectivity index (χ3v) is 4.94.